The number of carbonyl (C=O) groups is 1. The van der Waals surface area contributed by atoms with Crippen molar-refractivity contribution in [1.82, 2.24) is 0 Å². The third-order valence-electron chi connectivity index (χ3n) is 4.74. The number of nitro benzene ring substituents is 1. The molecule has 26 heavy (non-hydrogen) atoms. The van der Waals surface area contributed by atoms with Crippen molar-refractivity contribution in [2.24, 2.45) is 0 Å². The van der Waals surface area contributed by atoms with Gasteiger partial charge in [0.1, 0.15) is 0 Å². The number of rotatable bonds is 5. The lowest BCUT2D eigenvalue weighted by Gasteiger charge is -2.18. The Kier molecular flexibility index (Phi) is 5.41. The first-order chi connectivity index (χ1) is 12.1. The summed E-state index contributed by atoms with van der Waals surface area (Å²) in [6.07, 6.45) is 0. The number of nitro groups is 2. The molecular weight excluding hydrogens is 360 g/mol. The van der Waals surface area contributed by atoms with Gasteiger partial charge in [-0.3, -0.25) is 25.0 Å². The Morgan fingerprint density at radius 3 is 2.12 bits per heavy atom. The Bertz CT molecular complexity index is 953. The topological polar surface area (TPSA) is 103 Å². The average Bonchev–Trinajstić information content (AvgIpc) is 2.57. The highest BCUT2D eigenvalue weighted by molar-refractivity contribution is 6.35. The lowest BCUT2D eigenvalue weighted by Crippen LogP contribution is -2.15. The maximum absolute atomic E-state index is 13.2. The molecule has 0 aliphatic rings. The van der Waals surface area contributed by atoms with Crippen LogP contribution < -0.4 is 0 Å². The summed E-state index contributed by atoms with van der Waals surface area (Å²) in [5.74, 6) is -0.556. The minimum atomic E-state index is -0.621. The summed E-state index contributed by atoms with van der Waals surface area (Å²) in [6, 6.07) is 3.59. The zero-order chi connectivity index (χ0) is 19.8. The van der Waals surface area contributed by atoms with Crippen LogP contribution in [0.3, 0.4) is 0 Å². The first-order valence-electron chi connectivity index (χ1n) is 7.75. The summed E-state index contributed by atoms with van der Waals surface area (Å²) in [4.78, 5) is 34.2. The predicted octanol–water partition coefficient (Wildman–Crippen LogP) is 4.49. The Labute approximate surface area is 154 Å². The Hall–Kier alpha value is -2.80. The molecule has 0 radical (unpaired) electrons. The monoisotopic (exact) mass is 376 g/mol. The van der Waals surface area contributed by atoms with Crippen LogP contribution in [0.1, 0.15) is 43.7 Å². The van der Waals surface area contributed by atoms with Crippen molar-refractivity contribution in [2.75, 3.05) is 0 Å². The highest BCUT2D eigenvalue weighted by Crippen LogP contribution is 2.32. The summed E-state index contributed by atoms with van der Waals surface area (Å²) in [5.41, 5.74) is 3.17. The minimum absolute atomic E-state index is 0.0452. The molecule has 136 valence electrons. The Morgan fingerprint density at radius 2 is 1.58 bits per heavy atom. The second kappa shape index (κ2) is 7.21. The molecule has 0 heterocycles. The van der Waals surface area contributed by atoms with Crippen molar-refractivity contribution in [2.45, 2.75) is 34.2 Å². The van der Waals surface area contributed by atoms with E-state index in [9.17, 15) is 25.0 Å². The molecule has 0 fully saturated rings. The molecule has 0 amide bonds. The molecule has 7 nitrogen and oxygen atoms in total. The van der Waals surface area contributed by atoms with Crippen LogP contribution in [0.5, 0.6) is 0 Å². The summed E-state index contributed by atoms with van der Waals surface area (Å²) in [7, 11) is 0. The molecule has 0 saturated carbocycles. The quantitative estimate of drug-likeness (QED) is 0.434. The number of benzene rings is 2. The van der Waals surface area contributed by atoms with Crippen LogP contribution in [0.4, 0.5) is 5.69 Å². The second-order valence-corrected chi connectivity index (χ2v) is 6.50. The molecule has 0 atom stereocenters. The maximum atomic E-state index is 13.2. The van der Waals surface area contributed by atoms with Crippen molar-refractivity contribution in [3.8, 4) is 0 Å². The largest absolute Gasteiger partial charge is 0.289 e. The van der Waals surface area contributed by atoms with Crippen LogP contribution in [0, 0.1) is 47.9 Å². The molecule has 0 aromatic heterocycles. The van der Waals surface area contributed by atoms with Crippen LogP contribution in [-0.2, 0) is 6.54 Å². The van der Waals surface area contributed by atoms with Gasteiger partial charge in [0, 0.05) is 33.7 Å². The van der Waals surface area contributed by atoms with E-state index in [-0.39, 0.29) is 21.8 Å². The van der Waals surface area contributed by atoms with Gasteiger partial charge in [0.25, 0.3) is 5.69 Å². The fourth-order valence-corrected chi connectivity index (χ4v) is 3.16. The summed E-state index contributed by atoms with van der Waals surface area (Å²) in [5, 5.41) is 22.2. The molecule has 2 aromatic carbocycles. The summed E-state index contributed by atoms with van der Waals surface area (Å²) in [6.45, 7) is 6.60. The lowest BCUT2D eigenvalue weighted by molar-refractivity contribution is -0.496. The van der Waals surface area contributed by atoms with Gasteiger partial charge in [0.05, 0.1) is 9.95 Å². The van der Waals surface area contributed by atoms with Gasteiger partial charge in [0.2, 0.25) is 6.54 Å². The van der Waals surface area contributed by atoms with Gasteiger partial charge in [-0.2, -0.15) is 0 Å². The third kappa shape index (κ3) is 3.43. The third-order valence-corrected chi connectivity index (χ3v) is 5.07. The predicted molar refractivity (Wildman–Crippen MR) is 97.6 cm³/mol. The van der Waals surface area contributed by atoms with Gasteiger partial charge >= 0.3 is 0 Å². The number of hydrogen-bond donors (Lipinski definition) is 0. The highest BCUT2D eigenvalue weighted by Gasteiger charge is 2.26. The van der Waals surface area contributed by atoms with E-state index in [4.69, 9.17) is 11.6 Å². The standard InChI is InChI=1S/C18H17ClN2O5/c1-9-10(2)12(4)17(15(11(9)3)8-20(23)24)18(22)14-7-13(21(25)26)5-6-16(14)19/h5-7H,8H2,1-4H3. The second-order valence-electron chi connectivity index (χ2n) is 6.09. The number of nitrogens with zero attached hydrogens (tertiary/aromatic N) is 2. The highest BCUT2D eigenvalue weighted by atomic mass is 35.5. The SMILES string of the molecule is Cc1c(C)c(C)c(C(=O)c2cc([N+](=O)[O-])ccc2Cl)c(C[N+](=O)[O-])c1C. The van der Waals surface area contributed by atoms with E-state index in [0.29, 0.717) is 16.7 Å². The van der Waals surface area contributed by atoms with Gasteiger partial charge in [-0.25, -0.2) is 0 Å². The fourth-order valence-electron chi connectivity index (χ4n) is 2.96. The van der Waals surface area contributed by atoms with Crippen molar-refractivity contribution in [3.63, 3.8) is 0 Å². The van der Waals surface area contributed by atoms with E-state index in [1.54, 1.807) is 13.8 Å². The molecule has 2 aromatic rings. The number of hydrogen-bond acceptors (Lipinski definition) is 5. The molecule has 0 aliphatic heterocycles. The average molecular weight is 377 g/mol. The molecule has 0 bridgehead atoms. The number of halogens is 1. The number of carbonyl (C=O) groups excluding carboxylic acids is 1. The van der Waals surface area contributed by atoms with Crippen LogP contribution >= 0.6 is 11.6 Å². The molecule has 0 aliphatic carbocycles. The van der Waals surface area contributed by atoms with Crippen LogP contribution in [0.15, 0.2) is 18.2 Å². The minimum Gasteiger partial charge on any atom is -0.289 e. The molecule has 0 spiro atoms. The van der Waals surface area contributed by atoms with Gasteiger partial charge in [-0.1, -0.05) is 11.6 Å². The van der Waals surface area contributed by atoms with Crippen molar-refractivity contribution < 1.29 is 14.6 Å². The summed E-state index contributed by atoms with van der Waals surface area (Å²) < 4.78 is 0. The molecule has 2 rings (SSSR count). The first-order valence-corrected chi connectivity index (χ1v) is 8.13. The lowest BCUT2D eigenvalue weighted by atomic mass is 9.85. The van der Waals surface area contributed by atoms with Crippen molar-refractivity contribution in [3.05, 3.63) is 82.4 Å². The normalized spacial score (nSPS) is 10.7. The summed E-state index contributed by atoms with van der Waals surface area (Å²) >= 11 is 6.09. The van der Waals surface area contributed by atoms with E-state index in [1.807, 2.05) is 13.8 Å². The maximum Gasteiger partial charge on any atom is 0.270 e. The first kappa shape index (κ1) is 19.5. The van der Waals surface area contributed by atoms with E-state index >= 15 is 0 Å². The van der Waals surface area contributed by atoms with Crippen LogP contribution in [0.25, 0.3) is 0 Å². The smallest absolute Gasteiger partial charge is 0.270 e. The van der Waals surface area contributed by atoms with E-state index in [0.717, 1.165) is 17.2 Å². The van der Waals surface area contributed by atoms with Gasteiger partial charge in [-0.15, -0.1) is 0 Å². The van der Waals surface area contributed by atoms with Gasteiger partial charge < -0.3 is 0 Å². The molecule has 0 saturated heterocycles. The Morgan fingerprint density at radius 1 is 1.00 bits per heavy atom. The number of ketones is 1. The van der Waals surface area contributed by atoms with E-state index in [2.05, 4.69) is 0 Å². The van der Waals surface area contributed by atoms with E-state index in [1.165, 1.54) is 12.1 Å². The van der Waals surface area contributed by atoms with Crippen molar-refractivity contribution in [1.29, 1.82) is 0 Å². The molecule has 8 heteroatoms. The van der Waals surface area contributed by atoms with Gasteiger partial charge in [0.15, 0.2) is 5.78 Å². The molecular formula is C18H17ClN2O5. The van der Waals surface area contributed by atoms with Gasteiger partial charge in [-0.05, 0) is 56.0 Å². The van der Waals surface area contributed by atoms with Crippen LogP contribution in [0.2, 0.25) is 5.02 Å². The molecule has 0 N–H and O–H groups in total. The van der Waals surface area contributed by atoms with E-state index < -0.39 is 22.2 Å². The van der Waals surface area contributed by atoms with Crippen LogP contribution in [-0.4, -0.2) is 15.6 Å². The van der Waals surface area contributed by atoms with Crippen molar-refractivity contribution >= 4 is 23.1 Å². The Balaban J connectivity index is 2.79. The molecule has 0 unspecified atom stereocenters. The zero-order valence-electron chi connectivity index (χ0n) is 14.8. The number of non-ortho nitro benzene ring substituents is 1. The fraction of sp³-hybridized carbons (Fsp3) is 0.278. The zero-order valence-corrected chi connectivity index (χ0v) is 15.5.